The summed E-state index contributed by atoms with van der Waals surface area (Å²) in [5, 5.41) is 5.04. The molecule has 3 aromatic carbocycles. The normalized spacial score (nSPS) is 10.9. The van der Waals surface area contributed by atoms with Gasteiger partial charge in [0.05, 0.1) is 17.2 Å². The lowest BCUT2D eigenvalue weighted by molar-refractivity contribution is 0.304. The predicted molar refractivity (Wildman–Crippen MR) is 119 cm³/mol. The number of nitrogens with one attached hydrogen (secondary N) is 1. The molecule has 0 aromatic heterocycles. The van der Waals surface area contributed by atoms with Crippen LogP contribution in [0.25, 0.3) is 0 Å². The third-order valence-electron chi connectivity index (χ3n) is 3.79. The van der Waals surface area contributed by atoms with Gasteiger partial charge in [0.1, 0.15) is 12.4 Å². The van der Waals surface area contributed by atoms with Crippen LogP contribution in [-0.4, -0.2) is 6.21 Å². The highest BCUT2D eigenvalue weighted by atomic mass is 79.9. The summed E-state index contributed by atoms with van der Waals surface area (Å²) >= 11 is 13.2. The lowest BCUT2D eigenvalue weighted by atomic mass is 10.2. The zero-order chi connectivity index (χ0) is 19.1. The minimum absolute atomic E-state index is 0.481. The quantitative estimate of drug-likeness (QED) is 0.289. The molecule has 0 radical (unpaired) electrons. The number of hydrazone groups is 1. The maximum atomic E-state index is 6.16. The number of benzene rings is 3. The Hall–Kier alpha value is -1.82. The highest BCUT2D eigenvalue weighted by Crippen LogP contribution is 2.32. The molecule has 0 aliphatic carbocycles. The van der Waals surface area contributed by atoms with Crippen LogP contribution in [-0.2, 0) is 13.2 Å². The van der Waals surface area contributed by atoms with E-state index >= 15 is 0 Å². The van der Waals surface area contributed by atoms with E-state index in [-0.39, 0.29) is 0 Å². The van der Waals surface area contributed by atoms with Gasteiger partial charge in [-0.25, -0.2) is 0 Å². The van der Waals surface area contributed by atoms with Gasteiger partial charge in [0.25, 0.3) is 0 Å². The molecule has 3 aromatic rings. The van der Waals surface area contributed by atoms with Crippen molar-refractivity contribution in [1.82, 2.24) is 5.43 Å². The monoisotopic (exact) mass is 506 g/mol. The minimum atomic E-state index is 0.481. The van der Waals surface area contributed by atoms with Crippen molar-refractivity contribution >= 4 is 49.7 Å². The van der Waals surface area contributed by atoms with Gasteiger partial charge in [-0.2, -0.15) is 5.10 Å². The molecule has 0 amide bonds. The molecule has 0 atom stereocenters. The highest BCUT2D eigenvalue weighted by Gasteiger charge is 2.09. The standard InChI is InChI=1S/C21H17Br2ClN2O/c22-18-10-17(13-26-25-12-16-8-4-5-9-20(16)24)21(19(23)11-18)27-14-15-6-2-1-3-7-15/h1-11,13,25H,12,14H2/b26-13-. The van der Waals surface area contributed by atoms with Crippen LogP contribution < -0.4 is 10.2 Å². The molecule has 6 heteroatoms. The first-order chi connectivity index (χ1) is 13.1. The van der Waals surface area contributed by atoms with E-state index in [2.05, 4.69) is 42.4 Å². The molecule has 0 bridgehead atoms. The Morgan fingerprint density at radius 2 is 1.74 bits per heavy atom. The van der Waals surface area contributed by atoms with Crippen LogP contribution >= 0.6 is 43.5 Å². The maximum Gasteiger partial charge on any atom is 0.142 e. The molecule has 0 aliphatic heterocycles. The van der Waals surface area contributed by atoms with Crippen LogP contribution in [0.1, 0.15) is 16.7 Å². The zero-order valence-electron chi connectivity index (χ0n) is 14.3. The van der Waals surface area contributed by atoms with E-state index in [9.17, 15) is 0 Å². The number of hydrogen-bond donors (Lipinski definition) is 1. The fraction of sp³-hybridized carbons (Fsp3) is 0.0952. The molecule has 0 saturated carbocycles. The van der Waals surface area contributed by atoms with E-state index in [1.165, 1.54) is 0 Å². The van der Waals surface area contributed by atoms with E-state index in [4.69, 9.17) is 16.3 Å². The van der Waals surface area contributed by atoms with Crippen molar-refractivity contribution in [3.05, 3.63) is 97.4 Å². The predicted octanol–water partition coefficient (Wildman–Crippen LogP) is 6.57. The minimum Gasteiger partial charge on any atom is -0.487 e. The van der Waals surface area contributed by atoms with Crippen LogP contribution in [0, 0.1) is 0 Å². The van der Waals surface area contributed by atoms with E-state index in [0.717, 1.165) is 36.4 Å². The largest absolute Gasteiger partial charge is 0.487 e. The number of hydrogen-bond acceptors (Lipinski definition) is 3. The molecular formula is C21H17Br2ClN2O. The van der Waals surface area contributed by atoms with Crippen LogP contribution in [0.4, 0.5) is 0 Å². The molecule has 3 rings (SSSR count). The van der Waals surface area contributed by atoms with Gasteiger partial charge >= 0.3 is 0 Å². The van der Waals surface area contributed by atoms with Crippen LogP contribution in [0.5, 0.6) is 5.75 Å². The van der Waals surface area contributed by atoms with E-state index in [1.54, 1.807) is 6.21 Å². The van der Waals surface area contributed by atoms with Crippen LogP contribution in [0.3, 0.4) is 0 Å². The van der Waals surface area contributed by atoms with Crippen LogP contribution in [0.2, 0.25) is 5.02 Å². The molecule has 0 aliphatic rings. The Labute approximate surface area is 180 Å². The summed E-state index contributed by atoms with van der Waals surface area (Å²) in [6.45, 7) is 1.03. The average Bonchev–Trinajstić information content (AvgIpc) is 2.66. The fourth-order valence-electron chi connectivity index (χ4n) is 2.45. The SMILES string of the molecule is Clc1ccccc1CN/N=C\c1cc(Br)cc(Br)c1OCc1ccccc1. The van der Waals surface area contributed by atoms with Gasteiger partial charge in [-0.3, -0.25) is 0 Å². The van der Waals surface area contributed by atoms with E-state index in [0.29, 0.717) is 13.2 Å². The zero-order valence-corrected chi connectivity index (χ0v) is 18.3. The molecule has 3 nitrogen and oxygen atoms in total. The summed E-state index contributed by atoms with van der Waals surface area (Å²) in [6.07, 6.45) is 1.74. The summed E-state index contributed by atoms with van der Waals surface area (Å²) in [7, 11) is 0. The second kappa shape index (κ2) is 9.93. The van der Waals surface area contributed by atoms with Gasteiger partial charge in [-0.1, -0.05) is 76.1 Å². The number of halogens is 3. The summed E-state index contributed by atoms with van der Waals surface area (Å²) < 4.78 is 7.84. The number of rotatable bonds is 7. The van der Waals surface area contributed by atoms with Gasteiger partial charge in [-0.05, 0) is 45.3 Å². The Balaban J connectivity index is 1.71. The molecule has 138 valence electrons. The van der Waals surface area contributed by atoms with Crippen molar-refractivity contribution < 1.29 is 4.74 Å². The molecular weight excluding hydrogens is 492 g/mol. The van der Waals surface area contributed by atoms with Crippen molar-refractivity contribution in [2.45, 2.75) is 13.2 Å². The molecule has 0 saturated heterocycles. The number of nitrogens with zero attached hydrogens (tertiary/aromatic N) is 1. The maximum absolute atomic E-state index is 6.16. The van der Waals surface area contributed by atoms with Crippen molar-refractivity contribution in [3.8, 4) is 5.75 Å². The summed E-state index contributed by atoms with van der Waals surface area (Å²) in [5.74, 6) is 0.741. The van der Waals surface area contributed by atoms with Gasteiger partial charge in [0.2, 0.25) is 0 Å². The Kier molecular flexibility index (Phi) is 7.33. The molecule has 0 spiro atoms. The third-order valence-corrected chi connectivity index (χ3v) is 5.20. The molecule has 0 heterocycles. The Morgan fingerprint density at radius 3 is 2.52 bits per heavy atom. The average molecular weight is 509 g/mol. The number of ether oxygens (including phenoxy) is 1. The molecule has 27 heavy (non-hydrogen) atoms. The Morgan fingerprint density at radius 1 is 1.00 bits per heavy atom. The second-order valence-corrected chi connectivity index (χ2v) is 7.94. The van der Waals surface area contributed by atoms with Crippen LogP contribution in [0.15, 0.2) is 80.8 Å². The topological polar surface area (TPSA) is 33.6 Å². The summed E-state index contributed by atoms with van der Waals surface area (Å²) in [5.41, 5.74) is 5.99. The molecule has 1 N–H and O–H groups in total. The van der Waals surface area contributed by atoms with E-state index < -0.39 is 0 Å². The Bertz CT molecular complexity index is 933. The first-order valence-corrected chi connectivity index (χ1v) is 10.2. The lowest BCUT2D eigenvalue weighted by Crippen LogP contribution is -2.06. The van der Waals surface area contributed by atoms with Gasteiger partial charge in [0.15, 0.2) is 0 Å². The van der Waals surface area contributed by atoms with Crippen molar-refractivity contribution in [1.29, 1.82) is 0 Å². The van der Waals surface area contributed by atoms with Gasteiger partial charge < -0.3 is 10.2 Å². The van der Waals surface area contributed by atoms with Crippen molar-refractivity contribution in [2.75, 3.05) is 0 Å². The van der Waals surface area contributed by atoms with Crippen molar-refractivity contribution in [2.24, 2.45) is 5.10 Å². The fourth-order valence-corrected chi connectivity index (χ4v) is 4.02. The summed E-state index contributed by atoms with van der Waals surface area (Å²) in [4.78, 5) is 0. The lowest BCUT2D eigenvalue weighted by Gasteiger charge is -2.12. The molecule has 0 fully saturated rings. The summed E-state index contributed by atoms with van der Waals surface area (Å²) in [6, 6.07) is 21.7. The van der Waals surface area contributed by atoms with E-state index in [1.807, 2.05) is 66.7 Å². The molecule has 0 unspecified atom stereocenters. The first-order valence-electron chi connectivity index (χ1n) is 8.28. The van der Waals surface area contributed by atoms with Gasteiger partial charge in [-0.15, -0.1) is 0 Å². The second-order valence-electron chi connectivity index (χ2n) is 5.76. The first kappa shape index (κ1) is 19.9. The third kappa shape index (κ3) is 5.83. The van der Waals surface area contributed by atoms with Crippen molar-refractivity contribution in [3.63, 3.8) is 0 Å². The van der Waals surface area contributed by atoms with Gasteiger partial charge in [0, 0.05) is 15.1 Å². The highest BCUT2D eigenvalue weighted by molar-refractivity contribution is 9.11. The smallest absolute Gasteiger partial charge is 0.142 e.